The van der Waals surface area contributed by atoms with E-state index in [2.05, 4.69) is 52.3 Å². The SMILES string of the molecule is O=Cc1nn(C(c2ccccc2)(c2ccccc2)c2ccccc2)c2ccc(Br)cc12. The van der Waals surface area contributed by atoms with Crippen molar-refractivity contribution < 1.29 is 4.79 Å². The van der Waals surface area contributed by atoms with Crippen LogP contribution in [0.5, 0.6) is 0 Å². The number of carbonyl (C=O) groups is 1. The molecule has 31 heavy (non-hydrogen) atoms. The number of halogens is 1. The fraction of sp³-hybridized carbons (Fsp3) is 0.0370. The molecular formula is C27H19BrN2O. The van der Waals surface area contributed by atoms with Crippen LogP contribution in [0.1, 0.15) is 27.2 Å². The summed E-state index contributed by atoms with van der Waals surface area (Å²) >= 11 is 3.54. The van der Waals surface area contributed by atoms with Crippen LogP contribution in [0.4, 0.5) is 0 Å². The van der Waals surface area contributed by atoms with Crippen molar-refractivity contribution >= 4 is 33.1 Å². The molecule has 150 valence electrons. The quantitative estimate of drug-likeness (QED) is 0.220. The van der Waals surface area contributed by atoms with Gasteiger partial charge in [0.15, 0.2) is 6.29 Å². The lowest BCUT2D eigenvalue weighted by Gasteiger charge is -2.37. The van der Waals surface area contributed by atoms with E-state index in [-0.39, 0.29) is 0 Å². The molecule has 0 saturated heterocycles. The Bertz CT molecular complexity index is 1250. The molecule has 0 aliphatic heterocycles. The van der Waals surface area contributed by atoms with Gasteiger partial charge in [0, 0.05) is 9.86 Å². The van der Waals surface area contributed by atoms with E-state index in [0.717, 1.165) is 38.4 Å². The van der Waals surface area contributed by atoms with Crippen LogP contribution in [-0.2, 0) is 5.54 Å². The van der Waals surface area contributed by atoms with Crippen molar-refractivity contribution in [2.24, 2.45) is 0 Å². The Morgan fingerprint density at radius 2 is 1.19 bits per heavy atom. The number of aromatic nitrogens is 2. The van der Waals surface area contributed by atoms with Gasteiger partial charge >= 0.3 is 0 Å². The summed E-state index contributed by atoms with van der Waals surface area (Å²) in [7, 11) is 0. The summed E-state index contributed by atoms with van der Waals surface area (Å²) in [5, 5.41) is 5.69. The molecule has 5 rings (SSSR count). The van der Waals surface area contributed by atoms with Crippen molar-refractivity contribution in [1.82, 2.24) is 9.78 Å². The highest BCUT2D eigenvalue weighted by molar-refractivity contribution is 9.10. The summed E-state index contributed by atoms with van der Waals surface area (Å²) in [4.78, 5) is 12.0. The van der Waals surface area contributed by atoms with E-state index in [1.54, 1.807) is 0 Å². The van der Waals surface area contributed by atoms with Gasteiger partial charge in [-0.25, -0.2) is 4.68 Å². The van der Waals surface area contributed by atoms with Gasteiger partial charge < -0.3 is 0 Å². The Balaban J connectivity index is 1.99. The average Bonchev–Trinajstić information content (AvgIpc) is 3.20. The Labute approximate surface area is 189 Å². The van der Waals surface area contributed by atoms with Crippen LogP contribution < -0.4 is 0 Å². The molecule has 0 N–H and O–H groups in total. The lowest BCUT2D eigenvalue weighted by molar-refractivity contribution is 0.111. The van der Waals surface area contributed by atoms with Crippen molar-refractivity contribution in [3.63, 3.8) is 0 Å². The zero-order valence-corrected chi connectivity index (χ0v) is 18.2. The molecule has 0 spiro atoms. The third-order valence-corrected chi connectivity index (χ3v) is 6.17. The van der Waals surface area contributed by atoms with Gasteiger partial charge in [0.05, 0.1) is 5.52 Å². The molecule has 0 fully saturated rings. The van der Waals surface area contributed by atoms with Crippen molar-refractivity contribution in [3.8, 4) is 0 Å². The molecule has 0 saturated carbocycles. The average molecular weight is 467 g/mol. The number of carbonyl (C=O) groups excluding carboxylic acids is 1. The van der Waals surface area contributed by atoms with Gasteiger partial charge in [0.1, 0.15) is 11.2 Å². The summed E-state index contributed by atoms with van der Waals surface area (Å²) < 4.78 is 2.91. The fourth-order valence-corrected chi connectivity index (χ4v) is 4.72. The van der Waals surface area contributed by atoms with Gasteiger partial charge in [-0.3, -0.25) is 4.79 Å². The second-order valence-electron chi connectivity index (χ2n) is 7.38. The Hall–Kier alpha value is -3.50. The molecule has 0 aliphatic carbocycles. The standard InChI is InChI=1S/C27H19BrN2O/c28-23-16-17-26-24(18-23)25(19-31)29-30(26)27(20-10-4-1-5-11-20,21-12-6-2-7-13-21)22-14-8-3-9-15-22/h1-19H. The molecule has 0 unspecified atom stereocenters. The maximum atomic E-state index is 12.0. The third kappa shape index (κ3) is 3.11. The van der Waals surface area contributed by atoms with Gasteiger partial charge in [0.25, 0.3) is 0 Å². The zero-order chi connectivity index (χ0) is 21.3. The molecule has 1 heterocycles. The minimum atomic E-state index is -0.753. The fourth-order valence-electron chi connectivity index (χ4n) is 4.36. The maximum absolute atomic E-state index is 12.0. The van der Waals surface area contributed by atoms with Gasteiger partial charge in [-0.15, -0.1) is 0 Å². The van der Waals surface area contributed by atoms with Gasteiger partial charge in [0.2, 0.25) is 0 Å². The first-order valence-corrected chi connectivity index (χ1v) is 10.8. The van der Waals surface area contributed by atoms with Crippen LogP contribution in [-0.4, -0.2) is 16.1 Å². The topological polar surface area (TPSA) is 34.9 Å². The van der Waals surface area contributed by atoms with E-state index in [1.165, 1.54) is 0 Å². The maximum Gasteiger partial charge on any atom is 0.170 e. The lowest BCUT2D eigenvalue weighted by Crippen LogP contribution is -2.38. The lowest BCUT2D eigenvalue weighted by atomic mass is 9.77. The monoisotopic (exact) mass is 466 g/mol. The largest absolute Gasteiger partial charge is 0.296 e. The van der Waals surface area contributed by atoms with Crippen LogP contribution in [0.15, 0.2) is 114 Å². The van der Waals surface area contributed by atoms with Crippen LogP contribution in [0, 0.1) is 0 Å². The number of hydrogen-bond acceptors (Lipinski definition) is 2. The first kappa shape index (κ1) is 19.5. The van der Waals surface area contributed by atoms with Crippen LogP contribution in [0.25, 0.3) is 10.9 Å². The smallest absolute Gasteiger partial charge is 0.170 e. The predicted molar refractivity (Wildman–Crippen MR) is 127 cm³/mol. The Morgan fingerprint density at radius 1 is 0.710 bits per heavy atom. The minimum Gasteiger partial charge on any atom is -0.296 e. The number of aldehydes is 1. The molecule has 3 nitrogen and oxygen atoms in total. The molecule has 0 radical (unpaired) electrons. The van der Waals surface area contributed by atoms with Crippen molar-refractivity contribution in [1.29, 1.82) is 0 Å². The number of nitrogens with zero attached hydrogens (tertiary/aromatic N) is 2. The number of benzene rings is 4. The second kappa shape index (κ2) is 7.97. The number of fused-ring (bicyclic) bond motifs is 1. The molecule has 4 aromatic carbocycles. The third-order valence-electron chi connectivity index (χ3n) is 5.67. The Morgan fingerprint density at radius 3 is 1.65 bits per heavy atom. The van der Waals surface area contributed by atoms with E-state index < -0.39 is 5.54 Å². The summed E-state index contributed by atoms with van der Waals surface area (Å²) in [6.07, 6.45) is 0.830. The molecule has 0 aliphatic rings. The van der Waals surface area contributed by atoms with E-state index in [0.29, 0.717) is 5.69 Å². The molecule has 0 amide bonds. The van der Waals surface area contributed by atoms with Crippen molar-refractivity contribution in [3.05, 3.63) is 136 Å². The van der Waals surface area contributed by atoms with E-state index in [9.17, 15) is 4.79 Å². The highest BCUT2D eigenvalue weighted by atomic mass is 79.9. The molecule has 1 aromatic heterocycles. The molecule has 5 aromatic rings. The van der Waals surface area contributed by atoms with E-state index in [4.69, 9.17) is 5.10 Å². The van der Waals surface area contributed by atoms with E-state index >= 15 is 0 Å². The highest BCUT2D eigenvalue weighted by Crippen LogP contribution is 2.42. The zero-order valence-electron chi connectivity index (χ0n) is 16.7. The van der Waals surface area contributed by atoms with Crippen LogP contribution in [0.3, 0.4) is 0 Å². The molecule has 0 bridgehead atoms. The Kier molecular flexibility index (Phi) is 5.00. The van der Waals surface area contributed by atoms with Gasteiger partial charge in [-0.1, -0.05) is 107 Å². The first-order valence-electron chi connectivity index (χ1n) is 10.1. The summed E-state index contributed by atoms with van der Waals surface area (Å²) in [5.41, 5.74) is 3.76. The molecule has 4 heteroatoms. The summed E-state index contributed by atoms with van der Waals surface area (Å²) in [6.45, 7) is 0. The first-order chi connectivity index (χ1) is 15.2. The van der Waals surface area contributed by atoms with Crippen LogP contribution in [0.2, 0.25) is 0 Å². The van der Waals surface area contributed by atoms with E-state index in [1.807, 2.05) is 77.5 Å². The van der Waals surface area contributed by atoms with Gasteiger partial charge in [-0.05, 0) is 34.9 Å². The normalized spacial score (nSPS) is 11.5. The highest BCUT2D eigenvalue weighted by Gasteiger charge is 2.40. The minimum absolute atomic E-state index is 0.420. The molecule has 0 atom stereocenters. The molecular weight excluding hydrogens is 448 g/mol. The number of rotatable bonds is 5. The summed E-state index contributed by atoms with van der Waals surface area (Å²) in [6, 6.07) is 36.9. The predicted octanol–water partition coefficient (Wildman–Crippen LogP) is 6.45. The van der Waals surface area contributed by atoms with Crippen LogP contribution >= 0.6 is 15.9 Å². The summed E-state index contributed by atoms with van der Waals surface area (Å²) in [5.74, 6) is 0. The second-order valence-corrected chi connectivity index (χ2v) is 8.30. The van der Waals surface area contributed by atoms with Crippen molar-refractivity contribution in [2.75, 3.05) is 0 Å². The van der Waals surface area contributed by atoms with Gasteiger partial charge in [-0.2, -0.15) is 5.10 Å². The van der Waals surface area contributed by atoms with Crippen molar-refractivity contribution in [2.45, 2.75) is 5.54 Å². The number of hydrogen-bond donors (Lipinski definition) is 0.